The maximum Gasteiger partial charge on any atom is 0.317 e. The Hall–Kier alpha value is -3.46. The van der Waals surface area contributed by atoms with E-state index in [0.29, 0.717) is 0 Å². The molecule has 0 spiro atoms. The van der Waals surface area contributed by atoms with Gasteiger partial charge in [0.2, 0.25) is 0 Å². The summed E-state index contributed by atoms with van der Waals surface area (Å²) in [5.41, 5.74) is 0. The summed E-state index contributed by atoms with van der Waals surface area (Å²) >= 11 is 0. The Morgan fingerprint density at radius 3 is 0.676 bits per heavy atom. The van der Waals surface area contributed by atoms with Gasteiger partial charge in [0, 0.05) is 0 Å². The molecule has 0 aliphatic heterocycles. The van der Waals surface area contributed by atoms with E-state index in [2.05, 4.69) is 31.9 Å². The number of hydrogen-bond donors (Lipinski definition) is 12. The van der Waals surface area contributed by atoms with Crippen molar-refractivity contribution in [3.63, 3.8) is 0 Å². The van der Waals surface area contributed by atoms with Crippen LogP contribution in [0, 0.1) is 0 Å². The van der Waals surface area contributed by atoms with Crippen LogP contribution in [0.25, 0.3) is 0 Å². The van der Waals surface area contributed by atoms with Crippen LogP contribution in [0.3, 0.4) is 0 Å². The zero-order chi connectivity index (χ0) is 29.0. The fourth-order valence-electron chi connectivity index (χ4n) is 3.49. The van der Waals surface area contributed by atoms with Crippen LogP contribution >= 0.6 is 0 Å². The number of carbonyl (C=O) groups is 6. The van der Waals surface area contributed by atoms with E-state index in [1.165, 1.54) is 20.8 Å². The summed E-state index contributed by atoms with van der Waals surface area (Å²) in [5, 5.41) is 70.6. The molecule has 0 aromatic carbocycles. The third kappa shape index (κ3) is 11.9. The number of nitrogens with one attached hydrogen (secondary N) is 6. The van der Waals surface area contributed by atoms with E-state index in [9.17, 15) is 59.4 Å². The molecule has 0 heterocycles. The van der Waals surface area contributed by atoms with Gasteiger partial charge >= 0.3 is 35.8 Å². The molecule has 0 atom stereocenters. The minimum Gasteiger partial charge on any atom is -0.480 e. The van der Waals surface area contributed by atoms with Crippen molar-refractivity contribution < 1.29 is 59.4 Å². The maximum absolute atomic E-state index is 11.4. The van der Waals surface area contributed by atoms with E-state index < -0.39 is 92.4 Å². The van der Waals surface area contributed by atoms with E-state index in [-0.39, 0.29) is 0 Å². The van der Waals surface area contributed by atoms with Gasteiger partial charge in [-0.05, 0) is 20.8 Å². The molecule has 19 nitrogen and oxygen atoms in total. The minimum absolute atomic E-state index is 0.832. The summed E-state index contributed by atoms with van der Waals surface area (Å²) in [7, 11) is 0. The van der Waals surface area contributed by atoms with Crippen molar-refractivity contribution in [1.82, 2.24) is 36.8 Å². The Morgan fingerprint density at radius 1 is 0.432 bits per heavy atom. The third-order valence-corrected chi connectivity index (χ3v) is 4.84. The first kappa shape index (κ1) is 33.5. The zero-order valence-electron chi connectivity index (χ0n) is 20.3. The summed E-state index contributed by atoms with van der Waals surface area (Å²) < 4.78 is 0. The smallest absolute Gasteiger partial charge is 0.317 e. The molecule has 0 amide bonds. The van der Waals surface area contributed by atoms with E-state index in [0.717, 1.165) is 4.90 Å². The SMILES string of the molecule is CC(NCC(=O)O)(NCC(=O)O)N(C(C)(NCC(=O)O)NCC(=O)O)C(C)(NCC(=O)O)NCC(=O)O. The molecule has 0 radical (unpaired) electrons. The summed E-state index contributed by atoms with van der Waals surface area (Å²) in [4.78, 5) is 69.2. The van der Waals surface area contributed by atoms with Crippen molar-refractivity contribution in [3.8, 4) is 0 Å². The van der Waals surface area contributed by atoms with E-state index >= 15 is 0 Å². The van der Waals surface area contributed by atoms with Crippen LogP contribution in [0.15, 0.2) is 0 Å². The van der Waals surface area contributed by atoms with Crippen LogP contribution in [0.4, 0.5) is 0 Å². The molecular formula is C18H33N7O12. The van der Waals surface area contributed by atoms with Crippen LogP contribution in [0.2, 0.25) is 0 Å². The van der Waals surface area contributed by atoms with Crippen molar-refractivity contribution in [2.24, 2.45) is 0 Å². The molecule has 0 aliphatic carbocycles. The van der Waals surface area contributed by atoms with Crippen LogP contribution in [0.5, 0.6) is 0 Å². The summed E-state index contributed by atoms with van der Waals surface area (Å²) in [6.07, 6.45) is 0. The average molecular weight is 539 g/mol. The van der Waals surface area contributed by atoms with E-state index in [1.54, 1.807) is 0 Å². The third-order valence-electron chi connectivity index (χ3n) is 4.84. The predicted octanol–water partition coefficient (Wildman–Crippen LogP) is -4.65. The molecule has 12 N–H and O–H groups in total. The van der Waals surface area contributed by atoms with Crippen LogP contribution in [-0.4, -0.2) is 128 Å². The first-order valence-electron chi connectivity index (χ1n) is 10.5. The second-order valence-electron chi connectivity index (χ2n) is 8.04. The van der Waals surface area contributed by atoms with E-state index in [1.807, 2.05) is 0 Å². The Labute approximate surface area is 210 Å². The van der Waals surface area contributed by atoms with Crippen molar-refractivity contribution >= 4 is 35.8 Å². The van der Waals surface area contributed by atoms with Gasteiger partial charge in [-0.15, -0.1) is 0 Å². The van der Waals surface area contributed by atoms with Gasteiger partial charge < -0.3 is 30.6 Å². The maximum atomic E-state index is 11.4. The minimum atomic E-state index is -2.05. The van der Waals surface area contributed by atoms with Gasteiger partial charge in [0.15, 0.2) is 0 Å². The molecule has 37 heavy (non-hydrogen) atoms. The first-order chi connectivity index (χ1) is 16.9. The number of aliphatic carboxylic acids is 6. The molecule has 0 rings (SSSR count). The van der Waals surface area contributed by atoms with Gasteiger partial charge in [-0.1, -0.05) is 0 Å². The van der Waals surface area contributed by atoms with Crippen LogP contribution in [0.1, 0.15) is 20.8 Å². The molecule has 0 aromatic heterocycles. The number of carboxylic acids is 6. The highest BCUT2D eigenvalue weighted by molar-refractivity contribution is 5.71. The quantitative estimate of drug-likeness (QED) is 0.0610. The second kappa shape index (κ2) is 14.3. The molecule has 19 heteroatoms. The Bertz CT molecular complexity index is 705. The standard InChI is InChI=1S/C18H33N7O12/c1-16(19-4-10(26)27,20-5-11(28)29)25(17(2,21-6-12(30)31)22-7-13(32)33)18(3,23-8-14(34)35)24-9-15(36)37/h19-24H,4-9H2,1-3H3,(H,26,27)(H,28,29)(H,30,31)(H,32,33)(H,34,35)(H,36,37). The van der Waals surface area contributed by atoms with Gasteiger partial charge in [0.25, 0.3) is 0 Å². The van der Waals surface area contributed by atoms with Crippen LogP contribution in [-0.2, 0) is 28.8 Å². The van der Waals surface area contributed by atoms with Gasteiger partial charge in [0.05, 0.1) is 39.3 Å². The summed E-state index contributed by atoms with van der Waals surface area (Å²) in [5.74, 6) is -14.6. The lowest BCUT2D eigenvalue weighted by Gasteiger charge is -2.59. The number of rotatable bonds is 21. The molecular weight excluding hydrogens is 506 g/mol. The fourth-order valence-corrected chi connectivity index (χ4v) is 3.49. The normalized spacial score (nSPS) is 12.3. The topological polar surface area (TPSA) is 299 Å². The van der Waals surface area contributed by atoms with E-state index in [4.69, 9.17) is 0 Å². The Morgan fingerprint density at radius 2 is 0.568 bits per heavy atom. The summed E-state index contributed by atoms with van der Waals surface area (Å²) in [6, 6.07) is 0. The van der Waals surface area contributed by atoms with Crippen molar-refractivity contribution in [3.05, 3.63) is 0 Å². The Balaban J connectivity index is 7.22. The molecule has 0 saturated heterocycles. The molecule has 0 bridgehead atoms. The lowest BCUT2D eigenvalue weighted by molar-refractivity contribution is -0.178. The van der Waals surface area contributed by atoms with Gasteiger partial charge in [-0.3, -0.25) is 60.7 Å². The van der Waals surface area contributed by atoms with Gasteiger partial charge in [-0.2, -0.15) is 0 Å². The number of nitrogens with zero attached hydrogens (tertiary/aromatic N) is 1. The monoisotopic (exact) mass is 539 g/mol. The highest BCUT2D eigenvalue weighted by atomic mass is 16.4. The predicted molar refractivity (Wildman–Crippen MR) is 121 cm³/mol. The lowest BCUT2D eigenvalue weighted by atomic mass is 10.1. The lowest BCUT2D eigenvalue weighted by Crippen LogP contribution is -2.88. The molecule has 0 saturated carbocycles. The molecule has 0 fully saturated rings. The van der Waals surface area contributed by atoms with Crippen molar-refractivity contribution in [2.75, 3.05) is 39.3 Å². The van der Waals surface area contributed by atoms with Crippen LogP contribution < -0.4 is 31.9 Å². The number of carboxylic acid groups (broad SMARTS) is 6. The molecule has 212 valence electrons. The average Bonchev–Trinajstić information content (AvgIpc) is 2.76. The molecule has 0 unspecified atom stereocenters. The van der Waals surface area contributed by atoms with Gasteiger partial charge in [-0.25, -0.2) is 4.90 Å². The van der Waals surface area contributed by atoms with Crippen molar-refractivity contribution in [2.45, 2.75) is 38.1 Å². The Kier molecular flexibility index (Phi) is 13.0. The second-order valence-corrected chi connectivity index (χ2v) is 8.04. The highest BCUT2D eigenvalue weighted by Gasteiger charge is 2.53. The zero-order valence-corrected chi connectivity index (χ0v) is 20.3. The fraction of sp³-hybridized carbons (Fsp3) is 0.667. The van der Waals surface area contributed by atoms with Crippen molar-refractivity contribution in [1.29, 1.82) is 0 Å². The number of hydrogen-bond acceptors (Lipinski definition) is 13. The first-order valence-corrected chi connectivity index (χ1v) is 10.5. The van der Waals surface area contributed by atoms with Gasteiger partial charge in [0.1, 0.15) is 17.4 Å². The molecule has 0 aromatic rings. The summed E-state index contributed by atoms with van der Waals surface area (Å²) in [6.45, 7) is -1.39. The highest BCUT2D eigenvalue weighted by Crippen LogP contribution is 2.27. The molecule has 0 aliphatic rings. The largest absolute Gasteiger partial charge is 0.480 e.